The Balaban J connectivity index is 4.46. The van der Waals surface area contributed by atoms with Gasteiger partial charge in [-0.1, -0.05) is 322 Å². The third-order valence-corrected chi connectivity index (χ3v) is 19.5. The van der Waals surface area contributed by atoms with E-state index in [1.807, 2.05) is 0 Å². The van der Waals surface area contributed by atoms with E-state index >= 15 is 0 Å². The lowest BCUT2D eigenvalue weighted by Crippen LogP contribution is -2.30. The Labute approximate surface area is 640 Å². The Morgan fingerprint density at radius 3 is 0.790 bits per heavy atom. The fraction of sp³-hybridized carbons (Fsp3) is 0.736. The number of ether oxygens (including phenoxy) is 3. The summed E-state index contributed by atoms with van der Waals surface area (Å²) in [5, 5.41) is 20.7. The molecule has 0 fully saturated rings. The lowest BCUT2D eigenvalue weighted by atomic mass is 10.0. The number of hydrogen-bond acceptors (Lipinski definition) is 14. The Bertz CT molecular complexity index is 2390. The normalized spacial score (nSPS) is 14.5. The quantitative estimate of drug-likeness (QED) is 0.0146. The van der Waals surface area contributed by atoms with Crippen LogP contribution in [0, 0.1) is 0 Å². The van der Waals surface area contributed by atoms with E-state index in [9.17, 15) is 43.5 Å². The molecule has 5 atom stereocenters. The number of carbonyl (C=O) groups is 3. The number of carbonyl (C=O) groups excluding carboxylic acids is 3. The fourth-order valence-electron chi connectivity index (χ4n) is 11.2. The molecule has 0 aliphatic rings. The van der Waals surface area contributed by atoms with Gasteiger partial charge in [0.05, 0.1) is 26.4 Å². The van der Waals surface area contributed by atoms with Gasteiger partial charge >= 0.3 is 33.6 Å². The molecule has 0 aromatic heterocycles. The molecule has 0 aliphatic heterocycles. The molecule has 0 saturated carbocycles. The van der Waals surface area contributed by atoms with Crippen LogP contribution in [0.5, 0.6) is 0 Å². The van der Waals surface area contributed by atoms with Crippen LogP contribution in [-0.2, 0) is 55.8 Å². The lowest BCUT2D eigenvalue weighted by molar-refractivity contribution is -0.161. The summed E-state index contributed by atoms with van der Waals surface area (Å²) < 4.78 is 61.2. The van der Waals surface area contributed by atoms with Gasteiger partial charge in [0, 0.05) is 19.3 Å². The summed E-state index contributed by atoms with van der Waals surface area (Å²) in [7, 11) is -9.80. The highest BCUT2D eigenvalue weighted by Gasteiger charge is 2.29. The first-order valence-electron chi connectivity index (χ1n) is 41.8. The second-order valence-corrected chi connectivity index (χ2v) is 30.8. The highest BCUT2D eigenvalue weighted by Crippen LogP contribution is 2.45. The van der Waals surface area contributed by atoms with Crippen LogP contribution in [0.2, 0.25) is 0 Å². The Morgan fingerprint density at radius 2 is 0.495 bits per heavy atom. The maximum absolute atomic E-state index is 13.0. The summed E-state index contributed by atoms with van der Waals surface area (Å²) in [4.78, 5) is 58.7. The molecule has 4 N–H and O–H groups in total. The molecule has 18 heteroatoms. The number of aliphatic hydroxyl groups is 2. The molecule has 0 saturated heterocycles. The minimum absolute atomic E-state index is 0.0857. The molecule has 0 heterocycles. The standard InChI is InChI=1S/C87H152O16P2/c1-4-7-10-13-16-19-22-25-27-29-31-33-35-37-38-39-40-41-42-44-46-47-49-51-53-56-58-61-64-67-70-73-85(90)97-76-82(88)77-99-104(93,94)100-78-83(89)79-101-105(95,96)102-81-84(103-87(92)75-72-69-66-63-60-55-24-21-18-15-12-9-6-3)80-98-86(91)74-71-68-65-62-59-57-54-52-50-48-45-43-36-34-32-30-28-26-23-20-17-14-11-8-5-2/h12,15-17,19-21,24-28,31-34,37-38,43,45,82-84,88-89H,4-11,13-14,18,22-23,29-30,35-36,39-42,44,46-81H2,1-3H3,(H,93,94)(H,95,96)/b15-12-,19-16-,20-17-,24-21-,27-25-,28-26-,33-31-,34-32-,38-37-,45-43-. The van der Waals surface area contributed by atoms with Gasteiger partial charge in [-0.3, -0.25) is 32.5 Å². The second kappa shape index (κ2) is 79.5. The van der Waals surface area contributed by atoms with Gasteiger partial charge in [-0.25, -0.2) is 9.13 Å². The maximum atomic E-state index is 13.0. The molecule has 0 rings (SSSR count). The second-order valence-electron chi connectivity index (χ2n) is 27.9. The number of unbranched alkanes of at least 4 members (excludes halogenated alkanes) is 36. The summed E-state index contributed by atoms with van der Waals surface area (Å²) in [6.45, 7) is 2.56. The van der Waals surface area contributed by atoms with Crippen LogP contribution in [0.4, 0.5) is 0 Å². The Morgan fingerprint density at radius 1 is 0.267 bits per heavy atom. The number of phosphoric ester groups is 2. The zero-order valence-corrected chi connectivity index (χ0v) is 68.2. The van der Waals surface area contributed by atoms with E-state index in [1.54, 1.807) is 0 Å². The van der Waals surface area contributed by atoms with Gasteiger partial charge in [0.2, 0.25) is 0 Å². The minimum atomic E-state index is -4.94. The average molecular weight is 1520 g/mol. The first-order chi connectivity index (χ1) is 51.2. The Kier molecular flexibility index (Phi) is 76.4. The molecule has 5 unspecified atom stereocenters. The van der Waals surface area contributed by atoms with Crippen molar-refractivity contribution in [2.24, 2.45) is 0 Å². The number of aliphatic hydroxyl groups excluding tert-OH is 2. The monoisotopic (exact) mass is 1520 g/mol. The summed E-state index contributed by atoms with van der Waals surface area (Å²) in [5.74, 6) is -1.59. The summed E-state index contributed by atoms with van der Waals surface area (Å²) >= 11 is 0. The molecule has 0 spiro atoms. The van der Waals surface area contributed by atoms with Crippen molar-refractivity contribution in [3.8, 4) is 0 Å². The molecule has 16 nitrogen and oxygen atoms in total. The number of rotatable bonds is 79. The number of allylic oxidation sites excluding steroid dienone is 20. The van der Waals surface area contributed by atoms with Crippen molar-refractivity contribution in [3.63, 3.8) is 0 Å². The molecule has 0 radical (unpaired) electrons. The van der Waals surface area contributed by atoms with E-state index in [0.29, 0.717) is 19.3 Å². The van der Waals surface area contributed by atoms with E-state index in [2.05, 4.69) is 142 Å². The van der Waals surface area contributed by atoms with Crippen LogP contribution < -0.4 is 0 Å². The van der Waals surface area contributed by atoms with Gasteiger partial charge in [0.1, 0.15) is 25.4 Å². The van der Waals surface area contributed by atoms with Crippen LogP contribution in [0.25, 0.3) is 0 Å². The van der Waals surface area contributed by atoms with Gasteiger partial charge in [-0.15, -0.1) is 0 Å². The molecule has 0 aromatic carbocycles. The third kappa shape index (κ3) is 80.8. The lowest BCUT2D eigenvalue weighted by Gasteiger charge is -2.21. The summed E-state index contributed by atoms with van der Waals surface area (Å²) in [6.07, 6.45) is 95.4. The molecular formula is C87H152O16P2. The van der Waals surface area contributed by atoms with Crippen LogP contribution in [0.1, 0.15) is 355 Å². The predicted molar refractivity (Wildman–Crippen MR) is 436 cm³/mol. The summed E-state index contributed by atoms with van der Waals surface area (Å²) in [5.41, 5.74) is 0. The van der Waals surface area contributed by atoms with Gasteiger partial charge < -0.3 is 34.2 Å². The van der Waals surface area contributed by atoms with Crippen LogP contribution in [0.15, 0.2) is 122 Å². The van der Waals surface area contributed by atoms with Crippen molar-refractivity contribution >= 4 is 33.6 Å². The minimum Gasteiger partial charge on any atom is -0.463 e. The van der Waals surface area contributed by atoms with E-state index in [1.165, 1.54) is 154 Å². The molecule has 0 bridgehead atoms. The highest BCUT2D eigenvalue weighted by atomic mass is 31.2. The zero-order chi connectivity index (χ0) is 76.6. The third-order valence-electron chi connectivity index (χ3n) is 17.6. The molecule has 0 aromatic rings. The van der Waals surface area contributed by atoms with E-state index in [-0.39, 0.29) is 19.3 Å². The number of phosphoric acid groups is 2. The molecule has 606 valence electrons. The van der Waals surface area contributed by atoms with Gasteiger partial charge in [-0.05, 0) is 135 Å². The number of hydrogen-bond donors (Lipinski definition) is 4. The van der Waals surface area contributed by atoms with Crippen LogP contribution in [0.3, 0.4) is 0 Å². The molecule has 105 heavy (non-hydrogen) atoms. The average Bonchev–Trinajstić information content (AvgIpc) is 0.917. The van der Waals surface area contributed by atoms with Crippen molar-refractivity contribution in [2.75, 3.05) is 39.6 Å². The topological polar surface area (TPSA) is 231 Å². The van der Waals surface area contributed by atoms with Crippen molar-refractivity contribution in [1.29, 1.82) is 0 Å². The van der Waals surface area contributed by atoms with Gasteiger partial charge in [-0.2, -0.15) is 0 Å². The fourth-order valence-corrected chi connectivity index (χ4v) is 12.8. The largest absolute Gasteiger partial charge is 0.472 e. The number of esters is 3. The first kappa shape index (κ1) is 101. The Hall–Kier alpha value is -4.05. The molecule has 0 amide bonds. The SMILES string of the molecule is CCC/C=C\C/C=C\CCCCCCCC(=O)OC(COC(=O)CCCCCCCCCCC/C=C\C/C=C\C/C=C\C/C=C\CCCCC)COP(=O)(O)OCC(O)COP(=O)(O)OCC(O)COC(=O)CCCCCCCCCCCCCCCCC/C=C\C/C=C\C/C=C\C/C=C\CCCCC. The van der Waals surface area contributed by atoms with Crippen molar-refractivity contribution in [1.82, 2.24) is 0 Å². The van der Waals surface area contributed by atoms with E-state index in [0.717, 1.165) is 141 Å². The zero-order valence-electron chi connectivity index (χ0n) is 66.4. The van der Waals surface area contributed by atoms with Crippen molar-refractivity contribution in [2.45, 2.75) is 373 Å². The predicted octanol–water partition coefficient (Wildman–Crippen LogP) is 24.9. The first-order valence-corrected chi connectivity index (χ1v) is 44.8. The van der Waals surface area contributed by atoms with Crippen LogP contribution in [-0.4, -0.2) is 95.9 Å². The molecular weight excluding hydrogens is 1360 g/mol. The highest BCUT2D eigenvalue weighted by molar-refractivity contribution is 7.47. The van der Waals surface area contributed by atoms with Gasteiger partial charge in [0.15, 0.2) is 6.10 Å². The van der Waals surface area contributed by atoms with E-state index in [4.69, 9.17) is 32.3 Å². The summed E-state index contributed by atoms with van der Waals surface area (Å²) in [6, 6.07) is 0. The van der Waals surface area contributed by atoms with Crippen LogP contribution >= 0.6 is 15.6 Å². The van der Waals surface area contributed by atoms with Crippen molar-refractivity contribution in [3.05, 3.63) is 122 Å². The van der Waals surface area contributed by atoms with Crippen molar-refractivity contribution < 1.29 is 75.8 Å². The maximum Gasteiger partial charge on any atom is 0.472 e. The van der Waals surface area contributed by atoms with E-state index < -0.39 is 91.5 Å². The molecule has 0 aliphatic carbocycles. The van der Waals surface area contributed by atoms with Gasteiger partial charge in [0.25, 0.3) is 0 Å². The smallest absolute Gasteiger partial charge is 0.463 e.